The van der Waals surface area contributed by atoms with E-state index in [9.17, 15) is 13.2 Å². The molecule has 5 nitrogen and oxygen atoms in total. The van der Waals surface area contributed by atoms with Gasteiger partial charge in [0.05, 0.1) is 10.9 Å². The summed E-state index contributed by atoms with van der Waals surface area (Å²) in [7, 11) is -3.21. The number of aryl methyl sites for hydroxylation is 2. The fourth-order valence-electron chi connectivity index (χ4n) is 3.10. The Morgan fingerprint density at radius 3 is 2.40 bits per heavy atom. The van der Waals surface area contributed by atoms with Gasteiger partial charge in [0.2, 0.25) is 0 Å². The molecule has 0 bridgehead atoms. The molecule has 1 atom stereocenters. The number of amides is 2. The Balaban J connectivity index is 1.62. The summed E-state index contributed by atoms with van der Waals surface area (Å²) in [6.07, 6.45) is 4.52. The molecule has 0 radical (unpaired) electrons. The maximum absolute atomic E-state index is 12.2. The number of urea groups is 1. The fourth-order valence-corrected chi connectivity index (χ4v) is 3.73. The molecule has 0 unspecified atom stereocenters. The molecule has 3 rings (SSSR count). The van der Waals surface area contributed by atoms with Crippen LogP contribution in [-0.4, -0.2) is 20.7 Å². The molecule has 0 fully saturated rings. The van der Waals surface area contributed by atoms with E-state index in [1.54, 1.807) is 24.3 Å². The highest BCUT2D eigenvalue weighted by Crippen LogP contribution is 2.25. The molecule has 1 aliphatic carbocycles. The highest BCUT2D eigenvalue weighted by atomic mass is 32.2. The van der Waals surface area contributed by atoms with Gasteiger partial charge in [0.15, 0.2) is 9.84 Å². The van der Waals surface area contributed by atoms with Gasteiger partial charge in [-0.2, -0.15) is 0 Å². The normalized spacial score (nSPS) is 14.6. The fraction of sp³-hybridized carbons (Fsp3) is 0.316. The number of rotatable bonds is 4. The number of nitrogens with one attached hydrogen (secondary N) is 2. The van der Waals surface area contributed by atoms with E-state index in [1.807, 2.05) is 19.1 Å². The van der Waals surface area contributed by atoms with Crippen LogP contribution in [0.25, 0.3) is 0 Å². The minimum absolute atomic E-state index is 0.233. The summed E-state index contributed by atoms with van der Waals surface area (Å²) in [5.74, 6) is 0. The zero-order chi connectivity index (χ0) is 18.0. The van der Waals surface area contributed by atoms with Crippen LogP contribution in [0.5, 0.6) is 0 Å². The monoisotopic (exact) mass is 358 g/mol. The minimum Gasteiger partial charge on any atom is -0.331 e. The van der Waals surface area contributed by atoms with Crippen molar-refractivity contribution in [3.63, 3.8) is 0 Å². The first-order chi connectivity index (χ1) is 11.8. The van der Waals surface area contributed by atoms with Crippen molar-refractivity contribution in [1.29, 1.82) is 0 Å². The van der Waals surface area contributed by atoms with Crippen molar-refractivity contribution in [3.05, 3.63) is 59.2 Å². The maximum Gasteiger partial charge on any atom is 0.319 e. The third-order valence-electron chi connectivity index (χ3n) is 4.51. The Labute approximate surface area is 148 Å². The standard InChI is InChI=1S/C19H22N2O3S/c1-13(14-7-10-18(11-8-14)25(2,23)24)20-19(22)21-17-9-6-15-4-3-5-16(15)12-17/h6-13H,3-5H2,1-2H3,(H2,20,21,22)/t13-/m1/s1. The van der Waals surface area contributed by atoms with E-state index >= 15 is 0 Å². The topological polar surface area (TPSA) is 75.3 Å². The molecule has 2 aromatic carbocycles. The smallest absolute Gasteiger partial charge is 0.319 e. The maximum atomic E-state index is 12.2. The predicted octanol–water partition coefficient (Wildman–Crippen LogP) is 3.46. The lowest BCUT2D eigenvalue weighted by molar-refractivity contribution is 0.249. The molecule has 0 aromatic heterocycles. The molecule has 2 amide bonds. The Kier molecular flexibility index (Phi) is 4.81. The predicted molar refractivity (Wildman–Crippen MR) is 98.6 cm³/mol. The van der Waals surface area contributed by atoms with Gasteiger partial charge in [0.25, 0.3) is 0 Å². The molecule has 6 heteroatoms. The zero-order valence-electron chi connectivity index (χ0n) is 14.4. The van der Waals surface area contributed by atoms with Crippen molar-refractivity contribution in [1.82, 2.24) is 5.32 Å². The highest BCUT2D eigenvalue weighted by Gasteiger charge is 2.14. The van der Waals surface area contributed by atoms with E-state index in [2.05, 4.69) is 16.7 Å². The number of benzene rings is 2. The second-order valence-electron chi connectivity index (χ2n) is 6.50. The molecule has 25 heavy (non-hydrogen) atoms. The van der Waals surface area contributed by atoms with Gasteiger partial charge in [0.1, 0.15) is 0 Å². The second-order valence-corrected chi connectivity index (χ2v) is 8.51. The van der Waals surface area contributed by atoms with Crippen LogP contribution in [0.1, 0.15) is 36.1 Å². The van der Waals surface area contributed by atoms with Crippen molar-refractivity contribution in [2.45, 2.75) is 37.1 Å². The molecule has 2 N–H and O–H groups in total. The van der Waals surface area contributed by atoms with Gasteiger partial charge in [-0.3, -0.25) is 0 Å². The first-order valence-electron chi connectivity index (χ1n) is 8.32. The summed E-state index contributed by atoms with van der Waals surface area (Å²) in [6.45, 7) is 1.86. The van der Waals surface area contributed by atoms with Crippen LogP contribution in [0.2, 0.25) is 0 Å². The molecule has 132 valence electrons. The first-order valence-corrected chi connectivity index (χ1v) is 10.2. The molecule has 2 aromatic rings. The van der Waals surface area contributed by atoms with Crippen molar-refractivity contribution < 1.29 is 13.2 Å². The summed E-state index contributed by atoms with van der Waals surface area (Å²) >= 11 is 0. The lowest BCUT2D eigenvalue weighted by Crippen LogP contribution is -2.31. The van der Waals surface area contributed by atoms with Crippen LogP contribution in [-0.2, 0) is 22.7 Å². The summed E-state index contributed by atoms with van der Waals surface area (Å²) in [4.78, 5) is 12.5. The van der Waals surface area contributed by atoms with E-state index < -0.39 is 9.84 Å². The number of fused-ring (bicyclic) bond motifs is 1. The Morgan fingerprint density at radius 1 is 1.04 bits per heavy atom. The Bertz CT molecular complexity index is 889. The van der Waals surface area contributed by atoms with Gasteiger partial charge in [-0.15, -0.1) is 0 Å². The zero-order valence-corrected chi connectivity index (χ0v) is 15.2. The minimum atomic E-state index is -3.21. The van der Waals surface area contributed by atoms with Crippen molar-refractivity contribution >= 4 is 21.6 Å². The van der Waals surface area contributed by atoms with Crippen LogP contribution in [0.4, 0.5) is 10.5 Å². The Hall–Kier alpha value is -2.34. The number of hydrogen-bond acceptors (Lipinski definition) is 3. The molecule has 0 spiro atoms. The summed E-state index contributed by atoms with van der Waals surface area (Å²) < 4.78 is 23.0. The van der Waals surface area contributed by atoms with Gasteiger partial charge in [-0.25, -0.2) is 13.2 Å². The van der Waals surface area contributed by atoms with Crippen LogP contribution in [0.3, 0.4) is 0 Å². The largest absolute Gasteiger partial charge is 0.331 e. The van der Waals surface area contributed by atoms with Crippen LogP contribution in [0.15, 0.2) is 47.4 Å². The quantitative estimate of drug-likeness (QED) is 0.879. The van der Waals surface area contributed by atoms with Gasteiger partial charge in [0, 0.05) is 11.9 Å². The molecule has 0 saturated carbocycles. The number of carbonyl (C=O) groups is 1. The average Bonchev–Trinajstić information content (AvgIpc) is 3.01. The summed E-state index contributed by atoms with van der Waals surface area (Å²) in [5, 5.41) is 5.73. The van der Waals surface area contributed by atoms with Gasteiger partial charge >= 0.3 is 6.03 Å². The van der Waals surface area contributed by atoms with Crippen molar-refractivity contribution in [2.75, 3.05) is 11.6 Å². The van der Waals surface area contributed by atoms with E-state index in [-0.39, 0.29) is 17.0 Å². The van der Waals surface area contributed by atoms with E-state index in [4.69, 9.17) is 0 Å². The molecule has 1 aliphatic rings. The SMILES string of the molecule is C[C@@H](NC(=O)Nc1ccc2c(c1)CCC2)c1ccc(S(C)(=O)=O)cc1. The molecular formula is C19H22N2O3S. The second kappa shape index (κ2) is 6.88. The van der Waals surface area contributed by atoms with E-state index in [1.165, 1.54) is 23.8 Å². The lowest BCUT2D eigenvalue weighted by atomic mass is 10.1. The van der Waals surface area contributed by atoms with Gasteiger partial charge in [-0.05, 0) is 67.1 Å². The number of sulfone groups is 1. The van der Waals surface area contributed by atoms with Crippen LogP contribution in [0, 0.1) is 0 Å². The number of anilines is 1. The van der Waals surface area contributed by atoms with Crippen molar-refractivity contribution in [3.8, 4) is 0 Å². The Morgan fingerprint density at radius 2 is 1.72 bits per heavy atom. The van der Waals surface area contributed by atoms with Crippen molar-refractivity contribution in [2.24, 2.45) is 0 Å². The molecule has 0 aliphatic heterocycles. The van der Waals surface area contributed by atoms with E-state index in [0.29, 0.717) is 0 Å². The highest BCUT2D eigenvalue weighted by molar-refractivity contribution is 7.90. The summed E-state index contributed by atoms with van der Waals surface area (Å²) in [6, 6.07) is 12.1. The van der Waals surface area contributed by atoms with Gasteiger partial charge in [-0.1, -0.05) is 18.2 Å². The van der Waals surface area contributed by atoms with Crippen LogP contribution < -0.4 is 10.6 Å². The summed E-state index contributed by atoms with van der Waals surface area (Å²) in [5.41, 5.74) is 4.31. The molecule has 0 saturated heterocycles. The van der Waals surface area contributed by atoms with E-state index in [0.717, 1.165) is 24.1 Å². The first kappa shape index (κ1) is 17.5. The third-order valence-corrected chi connectivity index (χ3v) is 5.64. The average molecular weight is 358 g/mol. The van der Waals surface area contributed by atoms with Gasteiger partial charge < -0.3 is 10.6 Å². The molecule has 0 heterocycles. The number of carbonyl (C=O) groups excluding carboxylic acids is 1. The third kappa shape index (κ3) is 4.20. The number of hydrogen-bond donors (Lipinski definition) is 2. The molecular weight excluding hydrogens is 336 g/mol. The van der Waals surface area contributed by atoms with Crippen LogP contribution >= 0.6 is 0 Å². The lowest BCUT2D eigenvalue weighted by Gasteiger charge is -2.16.